The molecular formula is C28H29N5OS. The zero-order valence-corrected chi connectivity index (χ0v) is 21.1. The van der Waals surface area contributed by atoms with Crippen molar-refractivity contribution in [2.45, 2.75) is 25.9 Å². The molecule has 2 atom stereocenters. The van der Waals surface area contributed by atoms with E-state index in [0.717, 1.165) is 34.0 Å². The van der Waals surface area contributed by atoms with Gasteiger partial charge in [-0.05, 0) is 86.2 Å². The fraction of sp³-hybridized carbons (Fsp3) is 0.214. The van der Waals surface area contributed by atoms with Crippen LogP contribution in [0.4, 0.5) is 11.4 Å². The van der Waals surface area contributed by atoms with Gasteiger partial charge >= 0.3 is 0 Å². The van der Waals surface area contributed by atoms with Crippen LogP contribution in [0.1, 0.15) is 34.7 Å². The molecule has 1 aliphatic rings. The Kier molecular flexibility index (Phi) is 5.94. The van der Waals surface area contributed by atoms with Crippen molar-refractivity contribution in [2.75, 3.05) is 23.9 Å². The summed E-state index contributed by atoms with van der Waals surface area (Å²) < 4.78 is 2.27. The molecule has 2 aromatic carbocycles. The van der Waals surface area contributed by atoms with E-state index in [-0.39, 0.29) is 17.8 Å². The first kappa shape index (κ1) is 22.9. The van der Waals surface area contributed by atoms with E-state index < -0.39 is 0 Å². The number of thiocarbonyl (C=S) groups is 1. The number of phenols is 1. The van der Waals surface area contributed by atoms with Crippen molar-refractivity contribution in [2.24, 2.45) is 0 Å². The molecule has 1 aliphatic heterocycles. The third-order valence-corrected chi connectivity index (χ3v) is 6.97. The molecule has 2 N–H and O–H groups in total. The predicted molar refractivity (Wildman–Crippen MR) is 146 cm³/mol. The summed E-state index contributed by atoms with van der Waals surface area (Å²) in [5.41, 5.74) is 7.22. The molecule has 6 nitrogen and oxygen atoms in total. The van der Waals surface area contributed by atoms with Crippen LogP contribution in [0.2, 0.25) is 0 Å². The lowest BCUT2D eigenvalue weighted by Gasteiger charge is -2.28. The highest BCUT2D eigenvalue weighted by atomic mass is 32.1. The maximum atomic E-state index is 10.7. The fourth-order valence-electron chi connectivity index (χ4n) is 4.98. The fourth-order valence-corrected chi connectivity index (χ4v) is 5.32. The van der Waals surface area contributed by atoms with Crippen molar-refractivity contribution in [3.05, 3.63) is 102 Å². The number of aryl methyl sites for hydroxylation is 1. The predicted octanol–water partition coefficient (Wildman–Crippen LogP) is 5.44. The van der Waals surface area contributed by atoms with E-state index in [0.29, 0.717) is 10.8 Å². The Bertz CT molecular complexity index is 1360. The molecule has 0 unspecified atom stereocenters. The van der Waals surface area contributed by atoms with Gasteiger partial charge in [0.25, 0.3) is 0 Å². The van der Waals surface area contributed by atoms with Crippen LogP contribution in [0, 0.1) is 13.8 Å². The van der Waals surface area contributed by atoms with Crippen molar-refractivity contribution in [3.63, 3.8) is 0 Å². The van der Waals surface area contributed by atoms with E-state index in [1.165, 1.54) is 0 Å². The molecule has 4 aromatic rings. The van der Waals surface area contributed by atoms with Crippen LogP contribution in [0.25, 0.3) is 5.69 Å². The summed E-state index contributed by atoms with van der Waals surface area (Å²) in [5.74, 6) is 0.191. The smallest absolute Gasteiger partial charge is 0.174 e. The Morgan fingerprint density at radius 2 is 1.69 bits per heavy atom. The number of nitrogens with one attached hydrogen (secondary N) is 1. The zero-order valence-electron chi connectivity index (χ0n) is 20.3. The highest BCUT2D eigenvalue weighted by molar-refractivity contribution is 7.80. The van der Waals surface area contributed by atoms with E-state index in [9.17, 15) is 5.11 Å². The minimum atomic E-state index is -0.188. The molecule has 0 saturated carbocycles. The van der Waals surface area contributed by atoms with Crippen LogP contribution in [0.3, 0.4) is 0 Å². The summed E-state index contributed by atoms with van der Waals surface area (Å²) in [7, 11) is 4.08. The number of anilines is 2. The van der Waals surface area contributed by atoms with Crippen LogP contribution >= 0.6 is 12.2 Å². The number of nitrogens with zero attached hydrogens (tertiary/aromatic N) is 4. The molecule has 7 heteroatoms. The lowest BCUT2D eigenvalue weighted by Crippen LogP contribution is -2.29. The number of hydrogen-bond donors (Lipinski definition) is 2. The van der Waals surface area contributed by atoms with Gasteiger partial charge in [0.2, 0.25) is 0 Å². The minimum Gasteiger partial charge on any atom is -0.506 e. The SMILES string of the molecule is Cc1cc([C@H]2[C@@H](c3ccccn3)NC(=S)N2c2ccccc2O)c(C)n1-c1ccc(N(C)C)cc1. The summed E-state index contributed by atoms with van der Waals surface area (Å²) in [4.78, 5) is 8.76. The molecule has 0 amide bonds. The van der Waals surface area contributed by atoms with Gasteiger partial charge in [-0.1, -0.05) is 18.2 Å². The average Bonchev–Trinajstić information content (AvgIpc) is 3.35. The summed E-state index contributed by atoms with van der Waals surface area (Å²) >= 11 is 5.82. The molecule has 178 valence electrons. The van der Waals surface area contributed by atoms with Gasteiger partial charge in [0.15, 0.2) is 5.11 Å². The molecule has 0 radical (unpaired) electrons. The molecule has 35 heavy (non-hydrogen) atoms. The van der Waals surface area contributed by atoms with Crippen molar-refractivity contribution >= 4 is 28.7 Å². The molecular weight excluding hydrogens is 454 g/mol. The van der Waals surface area contributed by atoms with Crippen LogP contribution in [0.5, 0.6) is 5.75 Å². The Morgan fingerprint density at radius 1 is 0.971 bits per heavy atom. The highest BCUT2D eigenvalue weighted by Crippen LogP contribution is 2.45. The number of aromatic hydroxyl groups is 1. The molecule has 2 aromatic heterocycles. The van der Waals surface area contributed by atoms with Crippen molar-refractivity contribution in [3.8, 4) is 11.4 Å². The number of para-hydroxylation sites is 2. The van der Waals surface area contributed by atoms with Gasteiger partial charge in [-0.3, -0.25) is 4.98 Å². The molecule has 0 bridgehead atoms. The maximum absolute atomic E-state index is 10.7. The Hall–Kier alpha value is -3.84. The Balaban J connectivity index is 1.66. The van der Waals surface area contributed by atoms with Gasteiger partial charge in [0.05, 0.1) is 23.5 Å². The first-order chi connectivity index (χ1) is 16.9. The van der Waals surface area contributed by atoms with Crippen molar-refractivity contribution < 1.29 is 5.11 Å². The monoisotopic (exact) mass is 483 g/mol. The van der Waals surface area contributed by atoms with Gasteiger partial charge in [-0.15, -0.1) is 0 Å². The molecule has 0 spiro atoms. The average molecular weight is 484 g/mol. The third kappa shape index (κ3) is 4.02. The number of benzene rings is 2. The minimum absolute atomic E-state index is 0.173. The van der Waals surface area contributed by atoms with Gasteiger partial charge < -0.3 is 24.8 Å². The maximum Gasteiger partial charge on any atom is 0.174 e. The third-order valence-electron chi connectivity index (χ3n) is 6.65. The summed E-state index contributed by atoms with van der Waals surface area (Å²) in [6, 6.07) is 23.7. The molecule has 0 aliphatic carbocycles. The van der Waals surface area contributed by atoms with E-state index in [1.807, 2.05) is 55.4 Å². The number of hydrogen-bond acceptors (Lipinski definition) is 4. The van der Waals surface area contributed by atoms with Crippen LogP contribution in [0.15, 0.2) is 79.0 Å². The molecule has 3 heterocycles. The van der Waals surface area contributed by atoms with Crippen molar-refractivity contribution in [1.29, 1.82) is 0 Å². The van der Waals surface area contributed by atoms with E-state index in [4.69, 9.17) is 12.2 Å². The Labute approximate surface area is 211 Å². The number of rotatable bonds is 5. The topological polar surface area (TPSA) is 56.6 Å². The zero-order chi connectivity index (χ0) is 24.7. The summed E-state index contributed by atoms with van der Waals surface area (Å²) in [6.07, 6.45) is 1.80. The van der Waals surface area contributed by atoms with Gasteiger partial charge in [-0.25, -0.2) is 0 Å². The van der Waals surface area contributed by atoms with Gasteiger partial charge in [0, 0.05) is 43.1 Å². The highest BCUT2D eigenvalue weighted by Gasteiger charge is 2.43. The van der Waals surface area contributed by atoms with E-state index in [2.05, 4.69) is 63.9 Å². The number of phenolic OH excluding ortho intramolecular Hbond substituents is 1. The second kappa shape index (κ2) is 9.07. The van der Waals surface area contributed by atoms with E-state index >= 15 is 0 Å². The van der Waals surface area contributed by atoms with Gasteiger partial charge in [-0.2, -0.15) is 0 Å². The summed E-state index contributed by atoms with van der Waals surface area (Å²) in [5, 5.41) is 14.8. The first-order valence-corrected chi connectivity index (χ1v) is 12.0. The molecule has 1 fully saturated rings. The lowest BCUT2D eigenvalue weighted by molar-refractivity contribution is 0.472. The molecule has 1 saturated heterocycles. The van der Waals surface area contributed by atoms with Crippen LogP contribution < -0.4 is 15.1 Å². The molecule has 5 rings (SSSR count). The van der Waals surface area contributed by atoms with Crippen LogP contribution in [-0.2, 0) is 0 Å². The second-order valence-electron chi connectivity index (χ2n) is 9.06. The van der Waals surface area contributed by atoms with Gasteiger partial charge in [0.1, 0.15) is 5.75 Å². The second-order valence-corrected chi connectivity index (χ2v) is 9.44. The van der Waals surface area contributed by atoms with Crippen LogP contribution in [-0.4, -0.2) is 33.9 Å². The first-order valence-electron chi connectivity index (χ1n) is 11.6. The number of aromatic nitrogens is 2. The largest absolute Gasteiger partial charge is 0.506 e. The summed E-state index contributed by atoms with van der Waals surface area (Å²) in [6.45, 7) is 4.26. The standard InChI is InChI=1S/C28H29N5OS/c1-18-17-22(19(2)32(18)21-14-12-20(13-15-21)31(3)4)27-26(23-9-7-8-16-29-23)30-28(35)33(27)24-10-5-6-11-25(24)34/h5-17,26-27,34H,1-4H3,(H,30,35)/t26-,27+/m1/s1. The Morgan fingerprint density at radius 3 is 2.34 bits per heavy atom. The normalized spacial score (nSPS) is 17.5. The van der Waals surface area contributed by atoms with E-state index in [1.54, 1.807) is 12.3 Å². The lowest BCUT2D eigenvalue weighted by atomic mass is 9.96. The quantitative estimate of drug-likeness (QED) is 0.369. The number of pyridine rings is 1. The van der Waals surface area contributed by atoms with Crippen molar-refractivity contribution in [1.82, 2.24) is 14.9 Å².